The molecule has 0 saturated heterocycles. The van der Waals surface area contributed by atoms with Gasteiger partial charge in [-0.05, 0) is 30.2 Å². The number of sulfone groups is 1. The average molecular weight is 354 g/mol. The molecule has 0 radical (unpaired) electrons. The summed E-state index contributed by atoms with van der Waals surface area (Å²) in [4.78, 5) is 34.8. The summed E-state index contributed by atoms with van der Waals surface area (Å²) in [6.45, 7) is 1.48. The van der Waals surface area contributed by atoms with Crippen molar-refractivity contribution < 1.29 is 27.9 Å². The molecule has 0 saturated carbocycles. The Kier molecular flexibility index (Phi) is 5.23. The first kappa shape index (κ1) is 17.9. The van der Waals surface area contributed by atoms with Crippen LogP contribution in [0.3, 0.4) is 0 Å². The Balaban J connectivity index is 2.07. The van der Waals surface area contributed by atoms with Crippen LogP contribution in [-0.2, 0) is 25.8 Å². The summed E-state index contributed by atoms with van der Waals surface area (Å²) in [7, 11) is -3.32. The zero-order valence-corrected chi connectivity index (χ0v) is 13.9. The highest BCUT2D eigenvalue weighted by atomic mass is 32.2. The molecule has 0 spiro atoms. The van der Waals surface area contributed by atoms with Crippen molar-refractivity contribution in [1.29, 1.82) is 0 Å². The monoisotopic (exact) mass is 354 g/mol. The summed E-state index contributed by atoms with van der Waals surface area (Å²) in [5, 5.41) is 14.1. The van der Waals surface area contributed by atoms with Gasteiger partial charge in [0.1, 0.15) is 15.9 Å². The van der Waals surface area contributed by atoms with Gasteiger partial charge in [0.15, 0.2) is 0 Å². The van der Waals surface area contributed by atoms with E-state index < -0.39 is 27.8 Å². The Morgan fingerprint density at radius 3 is 2.71 bits per heavy atom. The molecule has 24 heavy (non-hydrogen) atoms. The van der Waals surface area contributed by atoms with Crippen LogP contribution in [0.1, 0.15) is 29.3 Å². The number of fused-ring (bicyclic) bond motifs is 1. The smallest absolute Gasteiger partial charge is 0.326 e. The van der Waals surface area contributed by atoms with E-state index in [9.17, 15) is 22.8 Å². The predicted octanol–water partition coefficient (Wildman–Crippen LogP) is 0.189. The van der Waals surface area contributed by atoms with Crippen LogP contribution in [0.4, 0.5) is 5.69 Å². The van der Waals surface area contributed by atoms with Crippen molar-refractivity contribution in [3.05, 3.63) is 29.3 Å². The van der Waals surface area contributed by atoms with Crippen LogP contribution in [0.15, 0.2) is 18.2 Å². The SMILES string of the molecule is CCS(=O)(=O)CCC(NC(=O)c1ccc2c(c1)CC(=O)N2)C(=O)O. The molecule has 9 heteroatoms. The van der Waals surface area contributed by atoms with Crippen molar-refractivity contribution in [2.75, 3.05) is 16.8 Å². The lowest BCUT2D eigenvalue weighted by molar-refractivity contribution is -0.139. The van der Waals surface area contributed by atoms with Crippen LogP contribution < -0.4 is 10.6 Å². The molecule has 0 aliphatic carbocycles. The fourth-order valence-electron chi connectivity index (χ4n) is 2.31. The van der Waals surface area contributed by atoms with Gasteiger partial charge in [0.05, 0.1) is 12.2 Å². The molecule has 1 unspecified atom stereocenters. The molecule has 3 N–H and O–H groups in total. The first-order valence-electron chi connectivity index (χ1n) is 7.38. The zero-order valence-electron chi connectivity index (χ0n) is 13.0. The highest BCUT2D eigenvalue weighted by Gasteiger charge is 2.24. The second-order valence-corrected chi connectivity index (χ2v) is 7.96. The maximum atomic E-state index is 12.2. The molecule has 2 rings (SSSR count). The summed E-state index contributed by atoms with van der Waals surface area (Å²) in [6, 6.07) is 3.27. The van der Waals surface area contributed by atoms with E-state index in [4.69, 9.17) is 5.11 Å². The highest BCUT2D eigenvalue weighted by Crippen LogP contribution is 2.23. The molecule has 0 aromatic heterocycles. The van der Waals surface area contributed by atoms with E-state index in [2.05, 4.69) is 10.6 Å². The summed E-state index contributed by atoms with van der Waals surface area (Å²) in [6.07, 6.45) is -0.0458. The van der Waals surface area contributed by atoms with E-state index >= 15 is 0 Å². The standard InChI is InChI=1S/C15H18N2O6S/c1-2-24(22,23)6-5-12(15(20)21)17-14(19)9-3-4-11-10(7-9)8-13(18)16-11/h3-4,7,12H,2,5-6,8H2,1H3,(H,16,18)(H,17,19)(H,20,21). The molecule has 1 aliphatic heterocycles. The molecule has 8 nitrogen and oxygen atoms in total. The van der Waals surface area contributed by atoms with Crippen molar-refractivity contribution in [3.8, 4) is 0 Å². The van der Waals surface area contributed by atoms with Gasteiger partial charge in [-0.25, -0.2) is 13.2 Å². The lowest BCUT2D eigenvalue weighted by Crippen LogP contribution is -2.42. The van der Waals surface area contributed by atoms with Gasteiger partial charge in [-0.2, -0.15) is 0 Å². The van der Waals surface area contributed by atoms with E-state index in [0.717, 1.165) is 0 Å². The number of carbonyl (C=O) groups is 3. The number of anilines is 1. The number of carboxylic acids is 1. The maximum Gasteiger partial charge on any atom is 0.326 e. The quantitative estimate of drug-likeness (QED) is 0.641. The van der Waals surface area contributed by atoms with Crippen LogP contribution >= 0.6 is 0 Å². The number of hydrogen-bond acceptors (Lipinski definition) is 5. The molecule has 1 aromatic carbocycles. The third-order valence-electron chi connectivity index (χ3n) is 3.75. The first-order valence-corrected chi connectivity index (χ1v) is 9.21. The van der Waals surface area contributed by atoms with Gasteiger partial charge in [-0.3, -0.25) is 9.59 Å². The fraction of sp³-hybridized carbons (Fsp3) is 0.400. The second-order valence-electron chi connectivity index (χ2n) is 5.49. The molecule has 1 aliphatic rings. The van der Waals surface area contributed by atoms with Crippen molar-refractivity contribution >= 4 is 33.3 Å². The summed E-state index contributed by atoms with van der Waals surface area (Å²) < 4.78 is 23.0. The Hall–Kier alpha value is -2.42. The van der Waals surface area contributed by atoms with Crippen LogP contribution in [-0.4, -0.2) is 48.9 Å². The van der Waals surface area contributed by atoms with Crippen molar-refractivity contribution in [2.45, 2.75) is 25.8 Å². The summed E-state index contributed by atoms with van der Waals surface area (Å²) in [5.41, 5.74) is 1.50. The van der Waals surface area contributed by atoms with Gasteiger partial charge >= 0.3 is 5.97 Å². The van der Waals surface area contributed by atoms with Crippen molar-refractivity contribution in [3.63, 3.8) is 0 Å². The van der Waals surface area contributed by atoms with Crippen molar-refractivity contribution in [1.82, 2.24) is 5.32 Å². The molecule has 1 aromatic rings. The molecule has 2 amide bonds. The number of carboxylic acid groups (broad SMARTS) is 1. The summed E-state index contributed by atoms with van der Waals surface area (Å²) >= 11 is 0. The van der Waals surface area contributed by atoms with Gasteiger partial charge in [0.2, 0.25) is 5.91 Å². The van der Waals surface area contributed by atoms with E-state index in [-0.39, 0.29) is 35.8 Å². The van der Waals surface area contributed by atoms with Crippen LogP contribution in [0.25, 0.3) is 0 Å². The van der Waals surface area contributed by atoms with E-state index in [1.807, 2.05) is 0 Å². The molecule has 0 bridgehead atoms. The minimum atomic E-state index is -3.32. The van der Waals surface area contributed by atoms with Crippen LogP contribution in [0.2, 0.25) is 0 Å². The Labute approximate surface area is 139 Å². The lowest BCUT2D eigenvalue weighted by Gasteiger charge is -2.14. The van der Waals surface area contributed by atoms with Crippen LogP contribution in [0.5, 0.6) is 0 Å². The Morgan fingerprint density at radius 2 is 2.08 bits per heavy atom. The van der Waals surface area contributed by atoms with Gasteiger partial charge < -0.3 is 15.7 Å². The normalized spacial score (nSPS) is 14.6. The Bertz CT molecular complexity index is 787. The number of amides is 2. The van der Waals surface area contributed by atoms with Crippen molar-refractivity contribution in [2.24, 2.45) is 0 Å². The molecule has 1 atom stereocenters. The largest absolute Gasteiger partial charge is 0.480 e. The number of hydrogen-bond donors (Lipinski definition) is 3. The number of nitrogens with one attached hydrogen (secondary N) is 2. The van der Waals surface area contributed by atoms with Gasteiger partial charge in [-0.1, -0.05) is 6.92 Å². The van der Waals surface area contributed by atoms with Gasteiger partial charge in [-0.15, -0.1) is 0 Å². The third kappa shape index (κ3) is 4.31. The molecule has 1 heterocycles. The first-order chi connectivity index (χ1) is 11.2. The second kappa shape index (κ2) is 7.00. The van der Waals surface area contributed by atoms with E-state index in [1.165, 1.54) is 19.1 Å². The van der Waals surface area contributed by atoms with E-state index in [1.54, 1.807) is 6.07 Å². The molecular formula is C15H18N2O6S. The topological polar surface area (TPSA) is 130 Å². The third-order valence-corrected chi connectivity index (χ3v) is 5.49. The number of rotatable bonds is 7. The number of carbonyl (C=O) groups excluding carboxylic acids is 2. The predicted molar refractivity (Wildman–Crippen MR) is 86.6 cm³/mol. The minimum absolute atomic E-state index is 0.0842. The number of benzene rings is 1. The molecule has 130 valence electrons. The average Bonchev–Trinajstić information content (AvgIpc) is 2.89. The molecular weight excluding hydrogens is 336 g/mol. The van der Waals surface area contributed by atoms with Crippen LogP contribution in [0, 0.1) is 0 Å². The molecule has 0 fully saturated rings. The Morgan fingerprint density at radius 1 is 1.38 bits per heavy atom. The fourth-order valence-corrected chi connectivity index (χ4v) is 3.19. The van der Waals surface area contributed by atoms with E-state index in [0.29, 0.717) is 11.3 Å². The minimum Gasteiger partial charge on any atom is -0.480 e. The summed E-state index contributed by atoms with van der Waals surface area (Å²) in [5.74, 6) is -2.50. The highest BCUT2D eigenvalue weighted by molar-refractivity contribution is 7.91. The number of aliphatic carboxylic acids is 1. The maximum absolute atomic E-state index is 12.2. The lowest BCUT2D eigenvalue weighted by atomic mass is 10.1. The van der Waals surface area contributed by atoms with Gasteiger partial charge in [0, 0.05) is 17.0 Å². The van der Waals surface area contributed by atoms with Gasteiger partial charge in [0.25, 0.3) is 5.91 Å². The zero-order chi connectivity index (χ0) is 17.9.